The van der Waals surface area contributed by atoms with Crippen molar-refractivity contribution >= 4 is 35.8 Å². The minimum atomic E-state index is 0. The number of nitrogens with zero attached hydrogens (tertiary/aromatic N) is 2. The lowest BCUT2D eigenvalue weighted by Crippen LogP contribution is -2.42. The zero-order valence-corrected chi connectivity index (χ0v) is 20.9. The van der Waals surface area contributed by atoms with Crippen LogP contribution >= 0.6 is 24.0 Å². The van der Waals surface area contributed by atoms with E-state index in [9.17, 15) is 4.79 Å². The summed E-state index contributed by atoms with van der Waals surface area (Å²) in [5, 5.41) is 6.86. The first-order valence-corrected chi connectivity index (χ1v) is 10.9. The van der Waals surface area contributed by atoms with Gasteiger partial charge in [-0.25, -0.2) is 4.99 Å². The number of hydrogen-bond donors (Lipinski definition) is 2. The normalized spacial score (nSPS) is 15.4. The Morgan fingerprint density at radius 3 is 2.41 bits per heavy atom. The van der Waals surface area contributed by atoms with Crippen molar-refractivity contribution in [3.8, 4) is 0 Å². The molecule has 1 fully saturated rings. The fourth-order valence-corrected chi connectivity index (χ4v) is 3.47. The van der Waals surface area contributed by atoms with E-state index in [-0.39, 0.29) is 29.9 Å². The Morgan fingerprint density at radius 1 is 1.14 bits per heavy atom. The first-order valence-electron chi connectivity index (χ1n) is 10.9. The van der Waals surface area contributed by atoms with Crippen LogP contribution in [0.2, 0.25) is 0 Å². The second-order valence-electron chi connectivity index (χ2n) is 8.30. The maximum absolute atomic E-state index is 11.8. The Morgan fingerprint density at radius 2 is 1.83 bits per heavy atom. The maximum atomic E-state index is 11.8. The molecule has 1 saturated heterocycles. The molecule has 0 aliphatic carbocycles. The third kappa shape index (κ3) is 9.83. The van der Waals surface area contributed by atoms with E-state index >= 15 is 0 Å². The second-order valence-corrected chi connectivity index (χ2v) is 8.30. The number of carbonyl (C=O) groups is 1. The van der Waals surface area contributed by atoms with Gasteiger partial charge in [0, 0.05) is 32.1 Å². The number of aliphatic imine (C=N–C) groups is 1. The Labute approximate surface area is 194 Å². The van der Waals surface area contributed by atoms with E-state index < -0.39 is 0 Å². The molecule has 2 N–H and O–H groups in total. The van der Waals surface area contributed by atoms with Gasteiger partial charge >= 0.3 is 0 Å². The molecule has 1 aromatic rings. The van der Waals surface area contributed by atoms with Crippen molar-refractivity contribution in [2.45, 2.75) is 78.9 Å². The quantitative estimate of drug-likeness (QED) is 0.271. The Kier molecular flexibility index (Phi) is 12.3. The van der Waals surface area contributed by atoms with E-state index in [4.69, 9.17) is 4.99 Å². The highest BCUT2D eigenvalue weighted by Gasteiger charge is 2.19. The number of benzene rings is 1. The average Bonchev–Trinajstić information content (AvgIpc) is 3.05. The first-order chi connectivity index (χ1) is 13.5. The van der Waals surface area contributed by atoms with Gasteiger partial charge in [-0.1, -0.05) is 51.0 Å². The van der Waals surface area contributed by atoms with Crippen molar-refractivity contribution in [2.75, 3.05) is 13.1 Å². The number of nitrogens with one attached hydrogen (secondary N) is 2. The number of carbonyl (C=O) groups excluding carboxylic acids is 1. The van der Waals surface area contributed by atoms with Gasteiger partial charge < -0.3 is 15.5 Å². The molecule has 29 heavy (non-hydrogen) atoms. The highest BCUT2D eigenvalue weighted by Crippen LogP contribution is 2.15. The number of halogens is 1. The summed E-state index contributed by atoms with van der Waals surface area (Å²) >= 11 is 0. The fraction of sp³-hybridized carbons (Fsp3) is 0.652. The highest BCUT2D eigenvalue weighted by atomic mass is 127. The van der Waals surface area contributed by atoms with Gasteiger partial charge in [0.15, 0.2) is 5.96 Å². The first kappa shape index (κ1) is 25.7. The van der Waals surface area contributed by atoms with Gasteiger partial charge in [0.2, 0.25) is 5.91 Å². The van der Waals surface area contributed by atoms with E-state index in [1.165, 1.54) is 24.0 Å². The van der Waals surface area contributed by atoms with Gasteiger partial charge in [-0.15, -0.1) is 24.0 Å². The van der Waals surface area contributed by atoms with Gasteiger partial charge in [-0.05, 0) is 43.7 Å². The Balaban J connectivity index is 0.00000420. The van der Waals surface area contributed by atoms with E-state index in [2.05, 4.69) is 62.6 Å². The van der Waals surface area contributed by atoms with Crippen LogP contribution in [0.15, 0.2) is 29.3 Å². The molecular weight excluding hydrogens is 475 g/mol. The van der Waals surface area contributed by atoms with Crippen molar-refractivity contribution in [3.63, 3.8) is 0 Å². The summed E-state index contributed by atoms with van der Waals surface area (Å²) in [5.41, 5.74) is 2.37. The van der Waals surface area contributed by atoms with Gasteiger partial charge in [-0.3, -0.25) is 4.79 Å². The smallest absolute Gasteiger partial charge is 0.222 e. The summed E-state index contributed by atoms with van der Waals surface area (Å²) < 4.78 is 0. The van der Waals surface area contributed by atoms with Crippen LogP contribution in [0.3, 0.4) is 0 Å². The monoisotopic (exact) mass is 514 g/mol. The SMILES string of the molecule is CCNC(=NCc1ccc(CN2CCCC2=O)cc1)NC(C)CCCC(C)C.I. The zero-order chi connectivity index (χ0) is 20.4. The molecule has 1 aliphatic heterocycles. The fourth-order valence-electron chi connectivity index (χ4n) is 3.47. The van der Waals surface area contributed by atoms with Crippen LogP contribution in [0.4, 0.5) is 0 Å². The molecular formula is C23H39IN4O. The van der Waals surface area contributed by atoms with Crippen molar-refractivity contribution in [1.82, 2.24) is 15.5 Å². The summed E-state index contributed by atoms with van der Waals surface area (Å²) in [7, 11) is 0. The largest absolute Gasteiger partial charge is 0.357 e. The molecule has 1 unspecified atom stereocenters. The topological polar surface area (TPSA) is 56.7 Å². The van der Waals surface area contributed by atoms with Crippen molar-refractivity contribution in [3.05, 3.63) is 35.4 Å². The maximum Gasteiger partial charge on any atom is 0.222 e. The molecule has 6 heteroatoms. The number of rotatable bonds is 10. The average molecular weight is 514 g/mol. The summed E-state index contributed by atoms with van der Waals surface area (Å²) in [6.45, 7) is 12.0. The Bertz CT molecular complexity index is 630. The lowest BCUT2D eigenvalue weighted by Gasteiger charge is -2.18. The van der Waals surface area contributed by atoms with Crippen LogP contribution in [-0.4, -0.2) is 35.9 Å². The van der Waals surface area contributed by atoms with Crippen LogP contribution in [0.5, 0.6) is 0 Å². The number of hydrogen-bond acceptors (Lipinski definition) is 2. The van der Waals surface area contributed by atoms with Gasteiger partial charge in [-0.2, -0.15) is 0 Å². The predicted molar refractivity (Wildman–Crippen MR) is 133 cm³/mol. The predicted octanol–water partition coefficient (Wildman–Crippen LogP) is 4.70. The number of amides is 1. The van der Waals surface area contributed by atoms with E-state index in [0.29, 0.717) is 19.0 Å². The lowest BCUT2D eigenvalue weighted by molar-refractivity contribution is -0.128. The number of likely N-dealkylation sites (tertiary alicyclic amines) is 1. The number of guanidine groups is 1. The van der Waals surface area contributed by atoms with Crippen molar-refractivity contribution in [1.29, 1.82) is 0 Å². The summed E-state index contributed by atoms with van der Waals surface area (Å²) in [6, 6.07) is 8.89. The molecule has 1 amide bonds. The molecule has 164 valence electrons. The van der Waals surface area contributed by atoms with Crippen LogP contribution in [0, 0.1) is 5.92 Å². The van der Waals surface area contributed by atoms with Gasteiger partial charge in [0.1, 0.15) is 0 Å². The molecule has 0 aromatic heterocycles. The van der Waals surface area contributed by atoms with Crippen molar-refractivity contribution < 1.29 is 4.79 Å². The van der Waals surface area contributed by atoms with Crippen LogP contribution in [0.1, 0.15) is 70.9 Å². The molecule has 2 rings (SSSR count). The minimum absolute atomic E-state index is 0. The minimum Gasteiger partial charge on any atom is -0.357 e. The Hall–Kier alpha value is -1.31. The summed E-state index contributed by atoms with van der Waals surface area (Å²) in [5.74, 6) is 1.92. The molecule has 5 nitrogen and oxygen atoms in total. The third-order valence-electron chi connectivity index (χ3n) is 5.13. The van der Waals surface area contributed by atoms with Crippen LogP contribution in [0.25, 0.3) is 0 Å². The van der Waals surface area contributed by atoms with Crippen LogP contribution in [-0.2, 0) is 17.9 Å². The summed E-state index contributed by atoms with van der Waals surface area (Å²) in [4.78, 5) is 18.5. The van der Waals surface area contributed by atoms with E-state index in [0.717, 1.165) is 44.4 Å². The molecule has 1 heterocycles. The van der Waals surface area contributed by atoms with Crippen molar-refractivity contribution in [2.24, 2.45) is 10.9 Å². The molecule has 0 radical (unpaired) electrons. The van der Waals surface area contributed by atoms with E-state index in [1.54, 1.807) is 0 Å². The summed E-state index contributed by atoms with van der Waals surface area (Å²) in [6.07, 6.45) is 5.36. The third-order valence-corrected chi connectivity index (χ3v) is 5.13. The standard InChI is InChI=1S/C23H38N4O.HI/c1-5-24-23(26-19(4)9-6-8-18(2)3)25-16-20-11-13-21(14-12-20)17-27-15-7-10-22(27)28;/h11-14,18-19H,5-10,15-17H2,1-4H3,(H2,24,25,26);1H. The zero-order valence-electron chi connectivity index (χ0n) is 18.5. The molecule has 1 atom stereocenters. The molecule has 0 bridgehead atoms. The van der Waals surface area contributed by atoms with Gasteiger partial charge in [0.05, 0.1) is 6.54 Å². The van der Waals surface area contributed by atoms with Crippen LogP contribution < -0.4 is 10.6 Å². The molecule has 1 aromatic carbocycles. The lowest BCUT2D eigenvalue weighted by atomic mass is 10.0. The highest BCUT2D eigenvalue weighted by molar-refractivity contribution is 14.0. The second kappa shape index (κ2) is 13.8. The van der Waals surface area contributed by atoms with Gasteiger partial charge in [0.25, 0.3) is 0 Å². The molecule has 0 saturated carbocycles. The molecule has 0 spiro atoms. The van der Waals surface area contributed by atoms with E-state index in [1.807, 2.05) is 4.90 Å². The molecule has 1 aliphatic rings.